The molecule has 0 radical (unpaired) electrons. The summed E-state index contributed by atoms with van der Waals surface area (Å²) in [5.41, 5.74) is 3.08. The van der Waals surface area contributed by atoms with Crippen LogP contribution in [0.5, 0.6) is 0 Å². The smallest absolute Gasteiger partial charge is 0.306 e. The fourth-order valence-electron chi connectivity index (χ4n) is 2.79. The third-order valence-corrected chi connectivity index (χ3v) is 4.33. The summed E-state index contributed by atoms with van der Waals surface area (Å²) in [6, 6.07) is 15.1. The molecule has 0 aliphatic carbocycles. The lowest BCUT2D eigenvalue weighted by atomic mass is 10.1. The fourth-order valence-corrected chi connectivity index (χ4v) is 2.91. The number of carbonyl (C=O) groups is 2. The highest BCUT2D eigenvalue weighted by molar-refractivity contribution is 6.30. The molecular weight excluding hydrogens is 326 g/mol. The Labute approximate surface area is 146 Å². The van der Waals surface area contributed by atoms with Crippen LogP contribution in [0.25, 0.3) is 0 Å². The zero-order valence-corrected chi connectivity index (χ0v) is 14.0. The Morgan fingerprint density at radius 3 is 2.62 bits per heavy atom. The van der Waals surface area contributed by atoms with Gasteiger partial charge in [-0.25, -0.2) is 0 Å². The van der Waals surface area contributed by atoms with Crippen molar-refractivity contribution in [3.63, 3.8) is 0 Å². The minimum atomic E-state index is -0.370. The molecule has 1 aliphatic rings. The molecule has 0 saturated carbocycles. The number of esters is 1. The Kier molecular flexibility index (Phi) is 5.16. The second kappa shape index (κ2) is 7.49. The number of para-hydroxylation sites is 1. The number of anilines is 1. The van der Waals surface area contributed by atoms with Crippen molar-refractivity contribution in [3.8, 4) is 0 Å². The Bertz CT molecular complexity index is 743. The fraction of sp³-hybridized carbons (Fsp3) is 0.263. The van der Waals surface area contributed by atoms with E-state index in [4.69, 9.17) is 16.3 Å². The molecule has 0 fully saturated rings. The summed E-state index contributed by atoms with van der Waals surface area (Å²) in [6.45, 7) is 0.425. The molecule has 1 heterocycles. The maximum atomic E-state index is 12.3. The zero-order chi connectivity index (χ0) is 16.9. The van der Waals surface area contributed by atoms with E-state index < -0.39 is 0 Å². The van der Waals surface area contributed by atoms with Crippen molar-refractivity contribution >= 4 is 29.2 Å². The molecule has 1 aliphatic heterocycles. The van der Waals surface area contributed by atoms with E-state index >= 15 is 0 Å². The molecule has 0 atom stereocenters. The number of halogens is 1. The maximum Gasteiger partial charge on any atom is 0.306 e. The molecule has 0 N–H and O–H groups in total. The Morgan fingerprint density at radius 2 is 1.83 bits per heavy atom. The normalized spacial score (nSPS) is 12.8. The lowest BCUT2D eigenvalue weighted by molar-refractivity contribution is -0.147. The zero-order valence-electron chi connectivity index (χ0n) is 13.2. The van der Waals surface area contributed by atoms with Crippen molar-refractivity contribution in [3.05, 3.63) is 64.7 Å². The second-order valence-electron chi connectivity index (χ2n) is 5.71. The number of fused-ring (bicyclic) bond motifs is 1. The number of carbonyl (C=O) groups excluding carboxylic acids is 2. The Hall–Kier alpha value is -2.33. The Balaban J connectivity index is 1.46. The van der Waals surface area contributed by atoms with Gasteiger partial charge in [0, 0.05) is 23.7 Å². The van der Waals surface area contributed by atoms with Gasteiger partial charge >= 0.3 is 5.97 Å². The number of aryl methyl sites for hydroxylation is 1. The van der Waals surface area contributed by atoms with Gasteiger partial charge in [-0.2, -0.15) is 0 Å². The van der Waals surface area contributed by atoms with E-state index in [1.165, 1.54) is 0 Å². The number of rotatable bonds is 5. The van der Waals surface area contributed by atoms with E-state index in [2.05, 4.69) is 0 Å². The van der Waals surface area contributed by atoms with E-state index in [0.717, 1.165) is 23.2 Å². The molecule has 0 unspecified atom stereocenters. The molecule has 0 aromatic heterocycles. The highest BCUT2D eigenvalue weighted by atomic mass is 35.5. The second-order valence-corrected chi connectivity index (χ2v) is 6.15. The summed E-state index contributed by atoms with van der Waals surface area (Å²) in [5, 5.41) is 0.665. The van der Waals surface area contributed by atoms with Gasteiger partial charge < -0.3 is 9.64 Å². The van der Waals surface area contributed by atoms with Crippen LogP contribution in [0, 0.1) is 0 Å². The summed E-state index contributed by atoms with van der Waals surface area (Å²) in [7, 11) is 0. The summed E-state index contributed by atoms with van der Waals surface area (Å²) in [4.78, 5) is 25.8. The predicted octanol–water partition coefficient (Wildman–Crippen LogP) is 3.41. The molecule has 0 bridgehead atoms. The van der Waals surface area contributed by atoms with Crippen molar-refractivity contribution in [2.45, 2.75) is 19.3 Å². The van der Waals surface area contributed by atoms with Crippen molar-refractivity contribution < 1.29 is 14.3 Å². The first-order chi connectivity index (χ1) is 11.6. The molecule has 3 rings (SSSR count). The molecule has 4 nitrogen and oxygen atoms in total. The third kappa shape index (κ3) is 3.95. The van der Waals surface area contributed by atoms with Gasteiger partial charge in [-0.15, -0.1) is 0 Å². The molecule has 5 heteroatoms. The van der Waals surface area contributed by atoms with Gasteiger partial charge in [0.25, 0.3) is 5.91 Å². The summed E-state index contributed by atoms with van der Waals surface area (Å²) in [5.74, 6) is -0.550. The average molecular weight is 344 g/mol. The SMILES string of the molecule is O=C(CCc1ccc(Cl)cc1)OCC(=O)N1CCc2ccccc21. The van der Waals surface area contributed by atoms with Crippen LogP contribution in [0.15, 0.2) is 48.5 Å². The van der Waals surface area contributed by atoms with E-state index in [9.17, 15) is 9.59 Å². The summed E-state index contributed by atoms with van der Waals surface area (Å²) in [6.07, 6.45) is 1.65. The van der Waals surface area contributed by atoms with Gasteiger partial charge in [0.2, 0.25) is 0 Å². The standard InChI is InChI=1S/C19H18ClNO3/c20-16-8-5-14(6-9-16)7-10-19(23)24-13-18(22)21-12-11-15-3-1-2-4-17(15)21/h1-6,8-9H,7,10-13H2. The summed E-state index contributed by atoms with van der Waals surface area (Å²) >= 11 is 5.82. The minimum absolute atomic E-state index is 0.181. The molecule has 2 aromatic rings. The molecular formula is C19H18ClNO3. The summed E-state index contributed by atoms with van der Waals surface area (Å²) < 4.78 is 5.12. The molecule has 0 saturated heterocycles. The van der Waals surface area contributed by atoms with Crippen LogP contribution in [-0.4, -0.2) is 25.0 Å². The molecule has 1 amide bonds. The van der Waals surface area contributed by atoms with Gasteiger partial charge in [0.15, 0.2) is 6.61 Å². The van der Waals surface area contributed by atoms with Crippen molar-refractivity contribution in [1.82, 2.24) is 0 Å². The number of hydrogen-bond acceptors (Lipinski definition) is 3. The van der Waals surface area contributed by atoms with E-state index in [1.807, 2.05) is 36.4 Å². The maximum absolute atomic E-state index is 12.3. The highest BCUT2D eigenvalue weighted by Gasteiger charge is 2.24. The highest BCUT2D eigenvalue weighted by Crippen LogP contribution is 2.27. The van der Waals surface area contributed by atoms with E-state index in [-0.39, 0.29) is 24.9 Å². The van der Waals surface area contributed by atoms with Crippen molar-refractivity contribution in [2.75, 3.05) is 18.1 Å². The largest absolute Gasteiger partial charge is 0.456 e. The number of ether oxygens (including phenoxy) is 1. The first-order valence-electron chi connectivity index (χ1n) is 7.92. The number of amides is 1. The lowest BCUT2D eigenvalue weighted by Crippen LogP contribution is -2.33. The predicted molar refractivity (Wildman–Crippen MR) is 93.2 cm³/mol. The first kappa shape index (κ1) is 16.5. The Morgan fingerprint density at radius 1 is 1.08 bits per heavy atom. The van der Waals surface area contributed by atoms with Gasteiger partial charge in [-0.05, 0) is 42.2 Å². The van der Waals surface area contributed by atoms with Crippen LogP contribution >= 0.6 is 11.6 Å². The van der Waals surface area contributed by atoms with E-state index in [0.29, 0.717) is 18.0 Å². The van der Waals surface area contributed by atoms with Crippen LogP contribution in [0.4, 0.5) is 5.69 Å². The molecule has 24 heavy (non-hydrogen) atoms. The monoisotopic (exact) mass is 343 g/mol. The van der Waals surface area contributed by atoms with Gasteiger partial charge in [-0.3, -0.25) is 9.59 Å². The molecule has 2 aromatic carbocycles. The van der Waals surface area contributed by atoms with Crippen LogP contribution < -0.4 is 4.90 Å². The van der Waals surface area contributed by atoms with Gasteiger partial charge in [0.05, 0.1) is 0 Å². The van der Waals surface area contributed by atoms with Crippen molar-refractivity contribution in [1.29, 1.82) is 0 Å². The minimum Gasteiger partial charge on any atom is -0.456 e. The van der Waals surface area contributed by atoms with Crippen LogP contribution in [0.3, 0.4) is 0 Å². The topological polar surface area (TPSA) is 46.6 Å². The number of nitrogens with zero attached hydrogens (tertiary/aromatic N) is 1. The number of hydrogen-bond donors (Lipinski definition) is 0. The molecule has 0 spiro atoms. The quantitative estimate of drug-likeness (QED) is 0.782. The number of benzene rings is 2. The third-order valence-electron chi connectivity index (χ3n) is 4.08. The lowest BCUT2D eigenvalue weighted by Gasteiger charge is -2.17. The van der Waals surface area contributed by atoms with Crippen LogP contribution in [-0.2, 0) is 27.2 Å². The van der Waals surface area contributed by atoms with Crippen LogP contribution in [0.2, 0.25) is 5.02 Å². The van der Waals surface area contributed by atoms with Gasteiger partial charge in [0.1, 0.15) is 0 Å². The van der Waals surface area contributed by atoms with Crippen LogP contribution in [0.1, 0.15) is 17.5 Å². The van der Waals surface area contributed by atoms with Gasteiger partial charge in [-0.1, -0.05) is 41.9 Å². The van der Waals surface area contributed by atoms with Crippen molar-refractivity contribution in [2.24, 2.45) is 0 Å². The van der Waals surface area contributed by atoms with E-state index in [1.54, 1.807) is 17.0 Å². The average Bonchev–Trinajstić information content (AvgIpc) is 3.03. The first-order valence-corrected chi connectivity index (χ1v) is 8.29. The molecule has 124 valence electrons.